The van der Waals surface area contributed by atoms with Crippen molar-refractivity contribution in [3.63, 3.8) is 0 Å². The number of aromatic amines is 1. The van der Waals surface area contributed by atoms with E-state index in [-0.39, 0.29) is 5.56 Å². The van der Waals surface area contributed by atoms with Crippen LogP contribution in [0.2, 0.25) is 0 Å². The van der Waals surface area contributed by atoms with Gasteiger partial charge in [-0.3, -0.25) is 9.69 Å². The van der Waals surface area contributed by atoms with Crippen LogP contribution in [0.5, 0.6) is 5.75 Å². The molecule has 5 heteroatoms. The lowest BCUT2D eigenvalue weighted by atomic mass is 9.89. The second kappa shape index (κ2) is 7.29. The van der Waals surface area contributed by atoms with Crippen LogP contribution in [0.3, 0.4) is 0 Å². The van der Waals surface area contributed by atoms with Crippen LogP contribution in [0.25, 0.3) is 11.1 Å². The molecule has 1 saturated heterocycles. The maximum Gasteiger partial charge on any atom is 0.251 e. The van der Waals surface area contributed by atoms with Crippen LogP contribution >= 0.6 is 0 Å². The second-order valence-corrected chi connectivity index (χ2v) is 8.76. The number of piperidine rings is 1. The molecule has 3 aliphatic rings. The van der Waals surface area contributed by atoms with Gasteiger partial charge in [-0.1, -0.05) is 19.4 Å². The van der Waals surface area contributed by atoms with Gasteiger partial charge >= 0.3 is 0 Å². The molecule has 5 nitrogen and oxygen atoms in total. The quantitative estimate of drug-likeness (QED) is 0.849. The average molecular weight is 395 g/mol. The minimum Gasteiger partial charge on any atom is -0.462 e. The molecule has 1 aromatic carbocycles. The Bertz CT molecular complexity index is 969. The van der Waals surface area contributed by atoms with Crippen molar-refractivity contribution in [2.24, 2.45) is 0 Å². The van der Waals surface area contributed by atoms with E-state index in [1.165, 1.54) is 19.3 Å². The Hall–Kier alpha value is -2.11. The molecule has 5 rings (SSSR count). The van der Waals surface area contributed by atoms with Crippen molar-refractivity contribution >= 4 is 0 Å². The molecule has 1 spiro atoms. The van der Waals surface area contributed by atoms with Crippen LogP contribution < -0.4 is 10.3 Å². The first-order chi connectivity index (χ1) is 14.1. The molecule has 1 aliphatic carbocycles. The van der Waals surface area contributed by atoms with Crippen molar-refractivity contribution in [2.45, 2.75) is 70.8 Å². The molecule has 0 radical (unpaired) electrons. The molecular formula is C24H30N2O3. The van der Waals surface area contributed by atoms with Gasteiger partial charge < -0.3 is 14.5 Å². The number of fused-ring (bicyclic) bond motifs is 1. The van der Waals surface area contributed by atoms with E-state index in [0.717, 1.165) is 72.1 Å². The molecule has 2 fully saturated rings. The van der Waals surface area contributed by atoms with Gasteiger partial charge in [-0.05, 0) is 49.9 Å². The van der Waals surface area contributed by atoms with E-state index in [1.807, 2.05) is 19.9 Å². The minimum atomic E-state index is -0.460. The molecule has 29 heavy (non-hydrogen) atoms. The Morgan fingerprint density at radius 2 is 2.00 bits per heavy atom. The minimum absolute atomic E-state index is 0.00793. The number of benzene rings is 1. The number of rotatable bonds is 3. The molecule has 2 aromatic rings. The maximum absolute atomic E-state index is 12.0. The van der Waals surface area contributed by atoms with Crippen LogP contribution in [0.1, 0.15) is 55.8 Å². The van der Waals surface area contributed by atoms with E-state index >= 15 is 0 Å². The lowest BCUT2D eigenvalue weighted by molar-refractivity contribution is -0.231. The zero-order valence-electron chi connectivity index (χ0n) is 17.4. The van der Waals surface area contributed by atoms with E-state index in [9.17, 15) is 4.79 Å². The summed E-state index contributed by atoms with van der Waals surface area (Å²) in [6.07, 6.45) is 6.67. The third kappa shape index (κ3) is 3.40. The number of hydrogen-bond acceptors (Lipinski definition) is 4. The smallest absolute Gasteiger partial charge is 0.251 e. The molecule has 0 bridgehead atoms. The van der Waals surface area contributed by atoms with E-state index in [2.05, 4.69) is 28.1 Å². The summed E-state index contributed by atoms with van der Waals surface area (Å²) in [4.78, 5) is 17.6. The van der Waals surface area contributed by atoms with E-state index in [1.54, 1.807) is 0 Å². The molecule has 2 aliphatic heterocycles. The molecule has 1 saturated carbocycles. The van der Waals surface area contributed by atoms with Crippen molar-refractivity contribution in [3.05, 3.63) is 51.4 Å². The number of pyridine rings is 1. The summed E-state index contributed by atoms with van der Waals surface area (Å²) >= 11 is 0. The summed E-state index contributed by atoms with van der Waals surface area (Å²) in [6, 6.07) is 9.12. The molecular weight excluding hydrogens is 364 g/mol. The summed E-state index contributed by atoms with van der Waals surface area (Å²) in [7, 11) is 0. The van der Waals surface area contributed by atoms with Gasteiger partial charge in [-0.25, -0.2) is 0 Å². The summed E-state index contributed by atoms with van der Waals surface area (Å²) in [5, 5.41) is 0. The maximum atomic E-state index is 12.0. The third-order valence-electron chi connectivity index (χ3n) is 7.01. The first-order valence-corrected chi connectivity index (χ1v) is 11.0. The van der Waals surface area contributed by atoms with Crippen molar-refractivity contribution in [1.29, 1.82) is 0 Å². The van der Waals surface area contributed by atoms with Gasteiger partial charge in [0, 0.05) is 54.4 Å². The number of likely N-dealkylation sites (tertiary alicyclic amines) is 1. The van der Waals surface area contributed by atoms with Crippen LogP contribution in [0.4, 0.5) is 0 Å². The number of nitrogens with one attached hydrogen (secondary N) is 1. The van der Waals surface area contributed by atoms with E-state index in [4.69, 9.17) is 9.47 Å². The van der Waals surface area contributed by atoms with Crippen LogP contribution in [-0.2, 0) is 17.8 Å². The summed E-state index contributed by atoms with van der Waals surface area (Å²) < 4.78 is 12.7. The fourth-order valence-corrected chi connectivity index (χ4v) is 4.85. The zero-order valence-corrected chi connectivity index (χ0v) is 17.4. The fourth-order valence-electron chi connectivity index (χ4n) is 4.85. The Morgan fingerprint density at radius 3 is 2.69 bits per heavy atom. The van der Waals surface area contributed by atoms with Gasteiger partial charge in [-0.2, -0.15) is 0 Å². The molecule has 0 unspecified atom stereocenters. The predicted octanol–water partition coefficient (Wildman–Crippen LogP) is 4.17. The SMILES string of the molecule is CCc1cc(-c2ccc3c(c2)COC2(CCN(C4CCC4)CC2)O3)c(C)[nH]c1=O. The van der Waals surface area contributed by atoms with Crippen molar-refractivity contribution in [2.75, 3.05) is 13.1 Å². The van der Waals surface area contributed by atoms with Crippen LogP contribution in [0.15, 0.2) is 29.1 Å². The van der Waals surface area contributed by atoms with Crippen molar-refractivity contribution in [3.8, 4) is 16.9 Å². The van der Waals surface area contributed by atoms with E-state index < -0.39 is 5.79 Å². The summed E-state index contributed by atoms with van der Waals surface area (Å²) in [5.41, 5.74) is 4.96. The van der Waals surface area contributed by atoms with Gasteiger partial charge in [0.05, 0.1) is 6.61 Å². The zero-order chi connectivity index (χ0) is 20.0. The van der Waals surface area contributed by atoms with Gasteiger partial charge in [0.2, 0.25) is 5.79 Å². The van der Waals surface area contributed by atoms with Gasteiger partial charge in [-0.15, -0.1) is 0 Å². The van der Waals surface area contributed by atoms with Gasteiger partial charge in [0.25, 0.3) is 5.56 Å². The molecule has 3 heterocycles. The number of hydrogen-bond donors (Lipinski definition) is 1. The number of H-pyrrole nitrogens is 1. The van der Waals surface area contributed by atoms with Crippen LogP contribution in [0, 0.1) is 6.92 Å². The average Bonchev–Trinajstić information content (AvgIpc) is 2.68. The lowest BCUT2D eigenvalue weighted by Crippen LogP contribution is -2.54. The second-order valence-electron chi connectivity index (χ2n) is 8.76. The Kier molecular flexibility index (Phi) is 4.75. The van der Waals surface area contributed by atoms with Crippen LogP contribution in [-0.4, -0.2) is 34.8 Å². The first kappa shape index (κ1) is 18.9. The normalized spacial score (nSPS) is 21.4. The van der Waals surface area contributed by atoms with Crippen molar-refractivity contribution < 1.29 is 9.47 Å². The Morgan fingerprint density at radius 1 is 1.21 bits per heavy atom. The molecule has 0 amide bonds. The van der Waals surface area contributed by atoms with E-state index in [0.29, 0.717) is 6.61 Å². The molecule has 154 valence electrons. The number of aryl methyl sites for hydroxylation is 2. The highest BCUT2D eigenvalue weighted by Crippen LogP contribution is 2.40. The number of nitrogens with zero attached hydrogens (tertiary/aromatic N) is 1. The third-order valence-corrected chi connectivity index (χ3v) is 7.01. The fraction of sp³-hybridized carbons (Fsp3) is 0.542. The van der Waals surface area contributed by atoms with Gasteiger partial charge in [0.15, 0.2) is 0 Å². The standard InChI is InChI=1S/C24H30N2O3/c1-3-17-14-21(16(2)25-23(17)27)18-7-8-22-19(13-18)15-28-24(29-22)9-11-26(12-10-24)20-5-4-6-20/h7-8,13-14,20H,3-6,9-12,15H2,1-2H3,(H,25,27). The monoisotopic (exact) mass is 394 g/mol. The predicted molar refractivity (Wildman–Crippen MR) is 113 cm³/mol. The highest BCUT2D eigenvalue weighted by Gasteiger charge is 2.42. The van der Waals surface area contributed by atoms with Crippen molar-refractivity contribution in [1.82, 2.24) is 9.88 Å². The highest BCUT2D eigenvalue weighted by atomic mass is 16.7. The topological polar surface area (TPSA) is 54.6 Å². The molecule has 0 atom stereocenters. The number of aromatic nitrogens is 1. The molecule has 1 aromatic heterocycles. The summed E-state index contributed by atoms with van der Waals surface area (Å²) in [5.74, 6) is 0.479. The van der Waals surface area contributed by atoms with Gasteiger partial charge in [0.1, 0.15) is 5.75 Å². The number of ether oxygens (including phenoxy) is 2. The largest absolute Gasteiger partial charge is 0.462 e. The lowest BCUT2D eigenvalue weighted by Gasteiger charge is -2.47. The summed E-state index contributed by atoms with van der Waals surface area (Å²) in [6.45, 7) is 6.67. The highest BCUT2D eigenvalue weighted by molar-refractivity contribution is 5.68. The molecule has 1 N–H and O–H groups in total. The Labute approximate surface area is 172 Å². The first-order valence-electron chi connectivity index (χ1n) is 11.0. The Balaban J connectivity index is 1.36.